The van der Waals surface area contributed by atoms with Crippen LogP contribution < -0.4 is 10.6 Å². The molecule has 1 aromatic heterocycles. The number of likely N-dealkylation sites (N-methyl/N-ethyl adjacent to an activating group) is 1. The van der Waals surface area contributed by atoms with Crippen LogP contribution in [0.1, 0.15) is 26.5 Å². The lowest BCUT2D eigenvalue weighted by Crippen LogP contribution is -2.32. The molecular formula is C19H23ClN4O2. The largest absolute Gasteiger partial charge is 0.350 e. The van der Waals surface area contributed by atoms with Gasteiger partial charge in [0.2, 0.25) is 0 Å². The standard InChI is InChI=1S/C19H23ClN4O2/c1-24(2)12-11-22-19(26)17-8-4-7-16(23-17)18(25)21-10-9-14-5-3-6-15(20)13-14/h3-8,13H,9-12H2,1-2H3,(H,21,25)(H,22,26). The number of aromatic nitrogens is 1. The zero-order valence-corrected chi connectivity index (χ0v) is 15.7. The maximum absolute atomic E-state index is 12.2. The molecule has 0 radical (unpaired) electrons. The van der Waals surface area contributed by atoms with Crippen molar-refractivity contribution in [2.45, 2.75) is 6.42 Å². The second kappa shape index (κ2) is 9.89. The molecule has 0 saturated carbocycles. The van der Waals surface area contributed by atoms with Gasteiger partial charge >= 0.3 is 0 Å². The van der Waals surface area contributed by atoms with Gasteiger partial charge in [0.15, 0.2) is 0 Å². The summed E-state index contributed by atoms with van der Waals surface area (Å²) >= 11 is 5.94. The highest BCUT2D eigenvalue weighted by atomic mass is 35.5. The van der Waals surface area contributed by atoms with Gasteiger partial charge in [-0.2, -0.15) is 0 Å². The Morgan fingerprint density at radius 2 is 1.62 bits per heavy atom. The van der Waals surface area contributed by atoms with Crippen molar-refractivity contribution < 1.29 is 9.59 Å². The maximum atomic E-state index is 12.2. The van der Waals surface area contributed by atoms with E-state index in [1.165, 1.54) is 0 Å². The second-order valence-electron chi connectivity index (χ2n) is 6.10. The summed E-state index contributed by atoms with van der Waals surface area (Å²) in [5.74, 6) is -0.601. The van der Waals surface area contributed by atoms with E-state index >= 15 is 0 Å². The average molecular weight is 375 g/mol. The molecule has 26 heavy (non-hydrogen) atoms. The highest BCUT2D eigenvalue weighted by molar-refractivity contribution is 6.30. The first-order valence-electron chi connectivity index (χ1n) is 8.38. The van der Waals surface area contributed by atoms with Crippen molar-refractivity contribution in [3.63, 3.8) is 0 Å². The molecule has 0 spiro atoms. The van der Waals surface area contributed by atoms with Crippen LogP contribution in [0.15, 0.2) is 42.5 Å². The van der Waals surface area contributed by atoms with Crippen molar-refractivity contribution in [2.75, 3.05) is 33.7 Å². The number of nitrogens with zero attached hydrogens (tertiary/aromatic N) is 2. The molecule has 2 rings (SSSR count). The minimum absolute atomic E-state index is 0.219. The minimum Gasteiger partial charge on any atom is -0.350 e. The first kappa shape index (κ1) is 19.9. The Morgan fingerprint density at radius 3 is 2.23 bits per heavy atom. The zero-order valence-electron chi connectivity index (χ0n) is 15.0. The third kappa shape index (κ3) is 6.46. The van der Waals surface area contributed by atoms with E-state index in [9.17, 15) is 9.59 Å². The predicted octanol–water partition coefficient (Wildman–Crippen LogP) is 2.00. The summed E-state index contributed by atoms with van der Waals surface area (Å²) in [5.41, 5.74) is 1.49. The number of amides is 2. The van der Waals surface area contributed by atoms with E-state index in [4.69, 9.17) is 11.6 Å². The van der Waals surface area contributed by atoms with Gasteiger partial charge in [-0.3, -0.25) is 9.59 Å². The third-order valence-electron chi connectivity index (χ3n) is 3.65. The number of rotatable bonds is 8. The van der Waals surface area contributed by atoms with Crippen LogP contribution in [0.4, 0.5) is 0 Å². The molecule has 7 heteroatoms. The van der Waals surface area contributed by atoms with Gasteiger partial charge in [-0.05, 0) is 50.3 Å². The Kier molecular flexibility index (Phi) is 7.56. The fraction of sp³-hybridized carbons (Fsp3) is 0.316. The van der Waals surface area contributed by atoms with Crippen LogP contribution >= 0.6 is 11.6 Å². The topological polar surface area (TPSA) is 74.3 Å². The lowest BCUT2D eigenvalue weighted by Gasteiger charge is -2.10. The molecule has 0 unspecified atom stereocenters. The summed E-state index contributed by atoms with van der Waals surface area (Å²) < 4.78 is 0. The van der Waals surface area contributed by atoms with E-state index in [0.29, 0.717) is 24.5 Å². The molecule has 0 aliphatic carbocycles. The normalized spacial score (nSPS) is 10.6. The van der Waals surface area contributed by atoms with Gasteiger partial charge in [0, 0.05) is 24.7 Å². The van der Waals surface area contributed by atoms with Crippen molar-refractivity contribution in [1.29, 1.82) is 0 Å². The SMILES string of the molecule is CN(C)CCNC(=O)c1cccc(C(=O)NCCc2cccc(Cl)c2)n1. The van der Waals surface area contributed by atoms with Crippen molar-refractivity contribution in [3.8, 4) is 0 Å². The molecule has 6 nitrogen and oxygen atoms in total. The van der Waals surface area contributed by atoms with Crippen LogP contribution in [-0.2, 0) is 6.42 Å². The Bertz CT molecular complexity index is 765. The lowest BCUT2D eigenvalue weighted by atomic mass is 10.1. The molecule has 0 bridgehead atoms. The van der Waals surface area contributed by atoms with Crippen LogP contribution in [0.25, 0.3) is 0 Å². The number of carbonyl (C=O) groups is 2. The van der Waals surface area contributed by atoms with Gasteiger partial charge in [0.05, 0.1) is 0 Å². The first-order valence-corrected chi connectivity index (χ1v) is 8.76. The quantitative estimate of drug-likeness (QED) is 0.741. The number of halogens is 1. The van der Waals surface area contributed by atoms with Gasteiger partial charge in [-0.25, -0.2) is 4.98 Å². The van der Waals surface area contributed by atoms with Crippen LogP contribution in [0, 0.1) is 0 Å². The summed E-state index contributed by atoms with van der Waals surface area (Å²) in [5, 5.41) is 6.26. The molecule has 2 aromatic rings. The van der Waals surface area contributed by atoms with E-state index in [2.05, 4.69) is 15.6 Å². The van der Waals surface area contributed by atoms with E-state index in [1.54, 1.807) is 18.2 Å². The molecule has 0 saturated heterocycles. The third-order valence-corrected chi connectivity index (χ3v) is 3.88. The van der Waals surface area contributed by atoms with Crippen LogP contribution in [0.3, 0.4) is 0 Å². The Labute approximate surface area is 158 Å². The van der Waals surface area contributed by atoms with Gasteiger partial charge < -0.3 is 15.5 Å². The highest BCUT2D eigenvalue weighted by Gasteiger charge is 2.12. The maximum Gasteiger partial charge on any atom is 0.269 e. The molecular weight excluding hydrogens is 352 g/mol. The molecule has 0 atom stereocenters. The van der Waals surface area contributed by atoms with Crippen molar-refractivity contribution in [2.24, 2.45) is 0 Å². The number of hydrogen-bond donors (Lipinski definition) is 2. The molecule has 0 aliphatic heterocycles. The number of carbonyl (C=O) groups excluding carboxylic acids is 2. The molecule has 2 N–H and O–H groups in total. The molecule has 0 aliphatic rings. The monoisotopic (exact) mass is 374 g/mol. The van der Waals surface area contributed by atoms with E-state index < -0.39 is 0 Å². The van der Waals surface area contributed by atoms with Gasteiger partial charge in [0.1, 0.15) is 11.4 Å². The molecule has 1 aromatic carbocycles. The van der Waals surface area contributed by atoms with Crippen LogP contribution in [-0.4, -0.2) is 55.4 Å². The van der Waals surface area contributed by atoms with Crippen LogP contribution in [0.5, 0.6) is 0 Å². The number of hydrogen-bond acceptors (Lipinski definition) is 4. The Hall–Kier alpha value is -2.44. The van der Waals surface area contributed by atoms with Crippen molar-refractivity contribution >= 4 is 23.4 Å². The number of benzene rings is 1. The van der Waals surface area contributed by atoms with E-state index in [-0.39, 0.29) is 23.2 Å². The van der Waals surface area contributed by atoms with Crippen molar-refractivity contribution in [1.82, 2.24) is 20.5 Å². The molecule has 0 fully saturated rings. The fourth-order valence-corrected chi connectivity index (χ4v) is 2.49. The second-order valence-corrected chi connectivity index (χ2v) is 6.54. The van der Waals surface area contributed by atoms with Gasteiger partial charge in [-0.1, -0.05) is 29.8 Å². The highest BCUT2D eigenvalue weighted by Crippen LogP contribution is 2.10. The average Bonchev–Trinajstić information content (AvgIpc) is 2.61. The predicted molar refractivity (Wildman–Crippen MR) is 103 cm³/mol. The fourth-order valence-electron chi connectivity index (χ4n) is 2.27. The zero-order chi connectivity index (χ0) is 18.9. The molecule has 138 valence electrons. The number of pyridine rings is 1. The summed E-state index contributed by atoms with van der Waals surface area (Å²) in [6.45, 7) is 1.71. The van der Waals surface area contributed by atoms with E-state index in [0.717, 1.165) is 12.1 Å². The molecule has 1 heterocycles. The number of nitrogens with one attached hydrogen (secondary N) is 2. The van der Waals surface area contributed by atoms with Gasteiger partial charge in [0.25, 0.3) is 11.8 Å². The van der Waals surface area contributed by atoms with Crippen molar-refractivity contribution in [3.05, 3.63) is 64.4 Å². The summed E-state index contributed by atoms with van der Waals surface area (Å²) in [6.07, 6.45) is 0.664. The lowest BCUT2D eigenvalue weighted by molar-refractivity contribution is 0.0943. The van der Waals surface area contributed by atoms with Gasteiger partial charge in [-0.15, -0.1) is 0 Å². The van der Waals surface area contributed by atoms with Crippen LogP contribution in [0.2, 0.25) is 5.02 Å². The summed E-state index contributed by atoms with van der Waals surface area (Å²) in [6, 6.07) is 12.3. The summed E-state index contributed by atoms with van der Waals surface area (Å²) in [4.78, 5) is 30.5. The van der Waals surface area contributed by atoms with E-state index in [1.807, 2.05) is 43.3 Å². The molecule has 2 amide bonds. The smallest absolute Gasteiger partial charge is 0.269 e. The summed E-state index contributed by atoms with van der Waals surface area (Å²) in [7, 11) is 3.86. The first-order chi connectivity index (χ1) is 12.5. The minimum atomic E-state index is -0.310. The Balaban J connectivity index is 1.87. The Morgan fingerprint density at radius 1 is 1.00 bits per heavy atom.